The van der Waals surface area contributed by atoms with E-state index in [1.54, 1.807) is 6.07 Å². The Balaban J connectivity index is 2.64. The van der Waals surface area contributed by atoms with Crippen molar-refractivity contribution < 1.29 is 8.42 Å². The Bertz CT molecular complexity index is 456. The molecule has 1 aromatic rings. The van der Waals surface area contributed by atoms with E-state index in [1.165, 1.54) is 0 Å². The van der Waals surface area contributed by atoms with Crippen LogP contribution in [0.3, 0.4) is 0 Å². The summed E-state index contributed by atoms with van der Waals surface area (Å²) in [5.41, 5.74) is 0.853. The summed E-state index contributed by atoms with van der Waals surface area (Å²) in [5, 5.41) is 3.08. The maximum absolute atomic E-state index is 11.8. The second-order valence-corrected chi connectivity index (χ2v) is 6.24. The highest BCUT2D eigenvalue weighted by Gasteiger charge is 2.21. The number of nitrogens with one attached hydrogen (secondary N) is 1. The molecule has 0 fully saturated rings. The third-order valence-electron chi connectivity index (χ3n) is 2.23. The molecule has 1 heterocycles. The molecule has 5 heteroatoms. The number of benzene rings is 1. The Morgan fingerprint density at radius 1 is 1.36 bits per heavy atom. The van der Waals surface area contributed by atoms with Crippen molar-refractivity contribution in [3.63, 3.8) is 0 Å². The molecular weight excluding hydrogens is 266 g/mol. The van der Waals surface area contributed by atoms with Gasteiger partial charge in [0.15, 0.2) is 9.84 Å². The molecule has 0 aromatic heterocycles. The zero-order valence-electron chi connectivity index (χ0n) is 7.46. The standard InChI is InChI=1S/C9H10BrNO2S/c10-8-2-1-7-6-11-3-4-14(12,13)9(7)5-8/h1-2,5,11H,3-4,6H2. The van der Waals surface area contributed by atoms with Gasteiger partial charge in [-0.3, -0.25) is 0 Å². The van der Waals surface area contributed by atoms with Crippen molar-refractivity contribution >= 4 is 25.8 Å². The first-order valence-electron chi connectivity index (χ1n) is 4.31. The molecule has 0 spiro atoms. The molecule has 0 radical (unpaired) electrons. The molecule has 0 aliphatic carbocycles. The molecule has 1 aromatic carbocycles. The summed E-state index contributed by atoms with van der Waals surface area (Å²) in [7, 11) is -3.09. The predicted octanol–water partition coefficient (Wildman–Crippen LogP) is 1.33. The van der Waals surface area contributed by atoms with Gasteiger partial charge in [-0.2, -0.15) is 0 Å². The Morgan fingerprint density at radius 2 is 2.14 bits per heavy atom. The van der Waals surface area contributed by atoms with Crippen LogP contribution in [0.1, 0.15) is 5.56 Å². The highest BCUT2D eigenvalue weighted by atomic mass is 79.9. The molecule has 3 nitrogen and oxygen atoms in total. The van der Waals surface area contributed by atoms with Gasteiger partial charge in [0.2, 0.25) is 0 Å². The summed E-state index contributed by atoms with van der Waals surface area (Å²) in [6.07, 6.45) is 0. The molecule has 0 atom stereocenters. The van der Waals surface area contributed by atoms with E-state index in [2.05, 4.69) is 21.2 Å². The second-order valence-electron chi connectivity index (χ2n) is 3.25. The number of hydrogen-bond donors (Lipinski definition) is 1. The van der Waals surface area contributed by atoms with Crippen LogP contribution < -0.4 is 5.32 Å². The smallest absolute Gasteiger partial charge is 0.179 e. The molecule has 14 heavy (non-hydrogen) atoms. The quantitative estimate of drug-likeness (QED) is 0.777. The van der Waals surface area contributed by atoms with Gasteiger partial charge in [0.05, 0.1) is 10.6 Å². The van der Waals surface area contributed by atoms with Crippen molar-refractivity contribution in [1.82, 2.24) is 5.32 Å². The van der Waals surface area contributed by atoms with Crippen LogP contribution in [0.5, 0.6) is 0 Å². The van der Waals surface area contributed by atoms with Crippen LogP contribution >= 0.6 is 15.9 Å². The predicted molar refractivity (Wildman–Crippen MR) is 57.9 cm³/mol. The van der Waals surface area contributed by atoms with Gasteiger partial charge in [0.25, 0.3) is 0 Å². The lowest BCUT2D eigenvalue weighted by molar-refractivity contribution is 0.595. The second kappa shape index (κ2) is 3.64. The van der Waals surface area contributed by atoms with Crippen LogP contribution in [-0.2, 0) is 16.4 Å². The SMILES string of the molecule is O=S1(=O)CCNCc2ccc(Br)cc21. The number of fused-ring (bicyclic) bond motifs is 1. The lowest BCUT2D eigenvalue weighted by Gasteiger charge is -2.05. The minimum Gasteiger partial charge on any atom is -0.312 e. The molecule has 1 N–H and O–H groups in total. The van der Waals surface area contributed by atoms with Gasteiger partial charge in [0, 0.05) is 17.6 Å². The van der Waals surface area contributed by atoms with Crippen LogP contribution in [0.2, 0.25) is 0 Å². The highest BCUT2D eigenvalue weighted by molar-refractivity contribution is 9.10. The summed E-state index contributed by atoms with van der Waals surface area (Å²) in [4.78, 5) is 0.455. The average Bonchev–Trinajstić information content (AvgIpc) is 2.26. The minimum absolute atomic E-state index is 0.177. The van der Waals surface area contributed by atoms with Gasteiger partial charge in [0.1, 0.15) is 0 Å². The lowest BCUT2D eigenvalue weighted by atomic mass is 10.2. The molecule has 76 valence electrons. The van der Waals surface area contributed by atoms with Crippen LogP contribution in [0.25, 0.3) is 0 Å². The van der Waals surface area contributed by atoms with Crippen LogP contribution in [0.4, 0.5) is 0 Å². The fourth-order valence-electron chi connectivity index (χ4n) is 1.50. The van der Waals surface area contributed by atoms with E-state index < -0.39 is 9.84 Å². The van der Waals surface area contributed by atoms with E-state index in [9.17, 15) is 8.42 Å². The molecule has 0 saturated carbocycles. The lowest BCUT2D eigenvalue weighted by Crippen LogP contribution is -2.17. The summed E-state index contributed by atoms with van der Waals surface area (Å²) in [6.45, 7) is 1.15. The van der Waals surface area contributed by atoms with Crippen molar-refractivity contribution in [3.8, 4) is 0 Å². The van der Waals surface area contributed by atoms with E-state index in [4.69, 9.17) is 0 Å². The van der Waals surface area contributed by atoms with Crippen LogP contribution in [0, 0.1) is 0 Å². The molecule has 0 saturated heterocycles. The highest BCUT2D eigenvalue weighted by Crippen LogP contribution is 2.23. The normalized spacial score (nSPS) is 19.8. The molecule has 0 unspecified atom stereocenters. The fourth-order valence-corrected chi connectivity index (χ4v) is 3.50. The minimum atomic E-state index is -3.09. The maximum Gasteiger partial charge on any atom is 0.179 e. The van der Waals surface area contributed by atoms with Crippen molar-refractivity contribution in [3.05, 3.63) is 28.2 Å². The van der Waals surface area contributed by atoms with E-state index in [0.29, 0.717) is 18.0 Å². The molecule has 2 rings (SSSR count). The van der Waals surface area contributed by atoms with Gasteiger partial charge in [-0.05, 0) is 17.7 Å². The number of sulfone groups is 1. The number of rotatable bonds is 0. The first-order chi connectivity index (χ1) is 6.59. The van der Waals surface area contributed by atoms with Crippen LogP contribution in [0.15, 0.2) is 27.6 Å². The van der Waals surface area contributed by atoms with Crippen LogP contribution in [-0.4, -0.2) is 20.7 Å². The Morgan fingerprint density at radius 3 is 2.93 bits per heavy atom. The van der Waals surface area contributed by atoms with E-state index in [-0.39, 0.29) is 5.75 Å². The van der Waals surface area contributed by atoms with Crippen molar-refractivity contribution in [2.75, 3.05) is 12.3 Å². The van der Waals surface area contributed by atoms with Gasteiger partial charge in [-0.15, -0.1) is 0 Å². The van der Waals surface area contributed by atoms with Crippen molar-refractivity contribution in [1.29, 1.82) is 0 Å². The van der Waals surface area contributed by atoms with E-state index >= 15 is 0 Å². The summed E-state index contributed by atoms with van der Waals surface area (Å²) in [6, 6.07) is 5.38. The third kappa shape index (κ3) is 1.85. The van der Waals surface area contributed by atoms with E-state index in [1.807, 2.05) is 12.1 Å². The largest absolute Gasteiger partial charge is 0.312 e. The molecular formula is C9H10BrNO2S. The summed E-state index contributed by atoms with van der Waals surface area (Å²) >= 11 is 3.28. The molecule has 1 aliphatic heterocycles. The van der Waals surface area contributed by atoms with Crippen molar-refractivity contribution in [2.45, 2.75) is 11.4 Å². The topological polar surface area (TPSA) is 46.2 Å². The third-order valence-corrected chi connectivity index (χ3v) is 4.51. The monoisotopic (exact) mass is 275 g/mol. The first-order valence-corrected chi connectivity index (χ1v) is 6.76. The molecule has 1 aliphatic rings. The first kappa shape index (κ1) is 10.1. The van der Waals surface area contributed by atoms with Gasteiger partial charge in [-0.25, -0.2) is 8.42 Å². The Labute approximate surface area is 91.6 Å². The van der Waals surface area contributed by atoms with Gasteiger partial charge < -0.3 is 5.32 Å². The van der Waals surface area contributed by atoms with Gasteiger partial charge >= 0.3 is 0 Å². The number of halogens is 1. The van der Waals surface area contributed by atoms with Gasteiger partial charge in [-0.1, -0.05) is 22.0 Å². The molecule has 0 bridgehead atoms. The zero-order valence-corrected chi connectivity index (χ0v) is 9.86. The Kier molecular flexibility index (Phi) is 2.64. The molecule has 0 amide bonds. The summed E-state index contributed by atoms with van der Waals surface area (Å²) < 4.78 is 24.4. The zero-order chi connectivity index (χ0) is 10.2. The summed E-state index contributed by atoms with van der Waals surface area (Å²) in [5.74, 6) is 0.177. The average molecular weight is 276 g/mol. The number of hydrogen-bond acceptors (Lipinski definition) is 3. The fraction of sp³-hybridized carbons (Fsp3) is 0.333. The maximum atomic E-state index is 11.8. The van der Waals surface area contributed by atoms with Crippen molar-refractivity contribution in [2.24, 2.45) is 0 Å². The Hall–Kier alpha value is -0.390. The van der Waals surface area contributed by atoms with E-state index in [0.717, 1.165) is 10.0 Å².